The average molecular weight is 171 g/mol. The molecule has 12 heavy (non-hydrogen) atoms. The zero-order valence-electron chi connectivity index (χ0n) is 7.42. The van der Waals surface area contributed by atoms with Gasteiger partial charge in [0, 0.05) is 6.08 Å². The van der Waals surface area contributed by atoms with Crippen molar-refractivity contribution in [2.24, 2.45) is 0 Å². The van der Waals surface area contributed by atoms with E-state index in [0.717, 1.165) is 12.8 Å². The van der Waals surface area contributed by atoms with Crippen molar-refractivity contribution in [1.29, 1.82) is 0 Å². The lowest BCUT2D eigenvalue weighted by Gasteiger charge is -2.20. The van der Waals surface area contributed by atoms with Crippen LogP contribution in [0.2, 0.25) is 0 Å². The summed E-state index contributed by atoms with van der Waals surface area (Å²) in [5.41, 5.74) is 0. The van der Waals surface area contributed by atoms with E-state index in [9.17, 15) is 4.79 Å². The highest BCUT2D eigenvalue weighted by Gasteiger charge is 2.15. The van der Waals surface area contributed by atoms with E-state index in [2.05, 4.69) is 6.58 Å². The Hall–Kier alpha value is -0.830. The largest absolute Gasteiger partial charge is 0.459 e. The second kappa shape index (κ2) is 5.77. The SMILES string of the molecule is C=CC(=O)OC1CCCCC1.N. The summed E-state index contributed by atoms with van der Waals surface area (Å²) in [6.45, 7) is 3.35. The fourth-order valence-electron chi connectivity index (χ4n) is 1.40. The third-order valence-electron chi connectivity index (χ3n) is 2.00. The van der Waals surface area contributed by atoms with E-state index >= 15 is 0 Å². The molecule has 3 nitrogen and oxygen atoms in total. The number of ether oxygens (including phenoxy) is 1. The third kappa shape index (κ3) is 3.53. The van der Waals surface area contributed by atoms with Crippen LogP contribution in [0.5, 0.6) is 0 Å². The first-order valence-corrected chi connectivity index (χ1v) is 4.16. The van der Waals surface area contributed by atoms with Crippen LogP contribution in [0.4, 0.5) is 0 Å². The van der Waals surface area contributed by atoms with Gasteiger partial charge in [-0.15, -0.1) is 0 Å². The number of carbonyl (C=O) groups excluding carboxylic acids is 1. The number of hydrogen-bond acceptors (Lipinski definition) is 3. The summed E-state index contributed by atoms with van der Waals surface area (Å²) in [4.78, 5) is 10.7. The average Bonchev–Trinajstić information content (AvgIpc) is 2.06. The molecule has 0 spiro atoms. The maximum Gasteiger partial charge on any atom is 0.330 e. The lowest BCUT2D eigenvalue weighted by molar-refractivity contribution is -0.144. The number of carbonyl (C=O) groups is 1. The van der Waals surface area contributed by atoms with Crippen LogP contribution in [0.3, 0.4) is 0 Å². The minimum absolute atomic E-state index is 0. The summed E-state index contributed by atoms with van der Waals surface area (Å²) in [6, 6.07) is 0. The minimum Gasteiger partial charge on any atom is -0.459 e. The van der Waals surface area contributed by atoms with Gasteiger partial charge in [-0.3, -0.25) is 0 Å². The van der Waals surface area contributed by atoms with E-state index in [0.29, 0.717) is 0 Å². The first-order valence-electron chi connectivity index (χ1n) is 4.16. The summed E-state index contributed by atoms with van der Waals surface area (Å²) < 4.78 is 5.08. The van der Waals surface area contributed by atoms with Gasteiger partial charge in [-0.2, -0.15) is 0 Å². The monoisotopic (exact) mass is 171 g/mol. The lowest BCUT2D eigenvalue weighted by Crippen LogP contribution is -2.19. The molecule has 1 rings (SSSR count). The second-order valence-electron chi connectivity index (χ2n) is 2.90. The van der Waals surface area contributed by atoms with Gasteiger partial charge < -0.3 is 10.9 Å². The molecule has 1 aliphatic rings. The van der Waals surface area contributed by atoms with Crippen molar-refractivity contribution in [2.45, 2.75) is 38.2 Å². The van der Waals surface area contributed by atoms with Gasteiger partial charge in [0.1, 0.15) is 6.10 Å². The Morgan fingerprint density at radius 1 is 1.33 bits per heavy atom. The molecule has 0 aromatic rings. The Kier molecular flexibility index (Phi) is 5.37. The Morgan fingerprint density at radius 3 is 2.42 bits per heavy atom. The van der Waals surface area contributed by atoms with Crippen LogP contribution < -0.4 is 6.15 Å². The fraction of sp³-hybridized carbons (Fsp3) is 0.667. The van der Waals surface area contributed by atoms with Gasteiger partial charge in [0.05, 0.1) is 0 Å². The summed E-state index contributed by atoms with van der Waals surface area (Å²) in [7, 11) is 0. The van der Waals surface area contributed by atoms with Crippen molar-refractivity contribution in [2.75, 3.05) is 0 Å². The predicted octanol–water partition coefficient (Wildman–Crippen LogP) is 2.21. The Balaban J connectivity index is 0.00000121. The van der Waals surface area contributed by atoms with Gasteiger partial charge in [0.15, 0.2) is 0 Å². The van der Waals surface area contributed by atoms with E-state index in [1.165, 1.54) is 25.3 Å². The molecule has 1 fully saturated rings. The van der Waals surface area contributed by atoms with Gasteiger partial charge in [-0.25, -0.2) is 4.79 Å². The Morgan fingerprint density at radius 2 is 1.92 bits per heavy atom. The highest BCUT2D eigenvalue weighted by molar-refractivity contribution is 5.81. The van der Waals surface area contributed by atoms with Gasteiger partial charge in [0.2, 0.25) is 0 Å². The van der Waals surface area contributed by atoms with Crippen LogP contribution in [0.15, 0.2) is 12.7 Å². The van der Waals surface area contributed by atoms with E-state index in [1.807, 2.05) is 0 Å². The molecule has 0 radical (unpaired) electrons. The van der Waals surface area contributed by atoms with Crippen LogP contribution in [0.25, 0.3) is 0 Å². The molecule has 0 heterocycles. The van der Waals surface area contributed by atoms with Crippen LogP contribution in [0, 0.1) is 0 Å². The van der Waals surface area contributed by atoms with Gasteiger partial charge >= 0.3 is 5.97 Å². The van der Waals surface area contributed by atoms with Gasteiger partial charge in [-0.05, 0) is 25.7 Å². The molecule has 0 aromatic carbocycles. The number of esters is 1. The van der Waals surface area contributed by atoms with Crippen molar-refractivity contribution < 1.29 is 9.53 Å². The summed E-state index contributed by atoms with van der Waals surface area (Å²) in [6.07, 6.45) is 7.11. The fourth-order valence-corrected chi connectivity index (χ4v) is 1.40. The third-order valence-corrected chi connectivity index (χ3v) is 2.00. The highest BCUT2D eigenvalue weighted by atomic mass is 16.5. The summed E-state index contributed by atoms with van der Waals surface area (Å²) in [5.74, 6) is -0.281. The molecule has 70 valence electrons. The highest BCUT2D eigenvalue weighted by Crippen LogP contribution is 2.20. The molecule has 0 atom stereocenters. The topological polar surface area (TPSA) is 61.3 Å². The van der Waals surface area contributed by atoms with E-state index in [1.54, 1.807) is 0 Å². The molecule has 0 unspecified atom stereocenters. The van der Waals surface area contributed by atoms with Crippen molar-refractivity contribution >= 4 is 5.97 Å². The quantitative estimate of drug-likeness (QED) is 0.511. The van der Waals surface area contributed by atoms with Crippen LogP contribution >= 0.6 is 0 Å². The molecule has 3 N–H and O–H groups in total. The maximum absolute atomic E-state index is 10.7. The smallest absolute Gasteiger partial charge is 0.330 e. The van der Waals surface area contributed by atoms with E-state index < -0.39 is 0 Å². The van der Waals surface area contributed by atoms with Gasteiger partial charge in [-0.1, -0.05) is 13.0 Å². The molecular weight excluding hydrogens is 154 g/mol. The molecule has 1 aliphatic carbocycles. The Bertz CT molecular complexity index is 151. The number of hydrogen-bond donors (Lipinski definition) is 1. The first kappa shape index (κ1) is 11.2. The minimum atomic E-state index is -0.281. The normalized spacial score (nSPS) is 17.7. The predicted molar refractivity (Wildman–Crippen MR) is 48.2 cm³/mol. The molecular formula is C9H17NO2. The molecule has 3 heteroatoms. The van der Waals surface area contributed by atoms with Crippen LogP contribution in [0.1, 0.15) is 32.1 Å². The zero-order valence-corrected chi connectivity index (χ0v) is 7.42. The molecule has 1 saturated carbocycles. The lowest BCUT2D eigenvalue weighted by atomic mass is 9.98. The standard InChI is InChI=1S/C9H14O2.H3N/c1-2-9(10)11-8-6-4-3-5-7-8;/h2,8H,1,3-7H2;1H3. The molecule has 0 saturated heterocycles. The van der Waals surface area contributed by atoms with Crippen molar-refractivity contribution in [1.82, 2.24) is 6.15 Å². The van der Waals surface area contributed by atoms with Crippen molar-refractivity contribution in [3.05, 3.63) is 12.7 Å². The van der Waals surface area contributed by atoms with Crippen molar-refractivity contribution in [3.63, 3.8) is 0 Å². The molecule has 0 bridgehead atoms. The van der Waals surface area contributed by atoms with Crippen LogP contribution in [-0.4, -0.2) is 12.1 Å². The molecule has 0 amide bonds. The first-order chi connectivity index (χ1) is 5.33. The second-order valence-corrected chi connectivity index (χ2v) is 2.90. The van der Waals surface area contributed by atoms with Crippen LogP contribution in [-0.2, 0) is 9.53 Å². The van der Waals surface area contributed by atoms with E-state index in [-0.39, 0.29) is 18.2 Å². The number of rotatable bonds is 2. The Labute approximate surface area is 73.4 Å². The maximum atomic E-state index is 10.7. The zero-order chi connectivity index (χ0) is 8.10. The summed E-state index contributed by atoms with van der Waals surface area (Å²) in [5, 5.41) is 0. The van der Waals surface area contributed by atoms with E-state index in [4.69, 9.17) is 4.74 Å². The molecule has 0 aliphatic heterocycles. The van der Waals surface area contributed by atoms with Crippen molar-refractivity contribution in [3.8, 4) is 0 Å². The summed E-state index contributed by atoms with van der Waals surface area (Å²) >= 11 is 0. The molecule has 0 aromatic heterocycles. The van der Waals surface area contributed by atoms with Gasteiger partial charge in [0.25, 0.3) is 0 Å².